The van der Waals surface area contributed by atoms with Crippen molar-refractivity contribution in [2.24, 2.45) is 0 Å². The second kappa shape index (κ2) is 9.75. The Kier molecular flexibility index (Phi) is 6.60. The Hall–Kier alpha value is -3.84. The third-order valence-electron chi connectivity index (χ3n) is 5.25. The van der Waals surface area contributed by atoms with Crippen molar-refractivity contribution >= 4 is 33.6 Å². The highest BCUT2D eigenvalue weighted by atomic mass is 32.2. The summed E-state index contributed by atoms with van der Waals surface area (Å²) in [5.74, 6) is -1.13. The molecule has 1 amide bonds. The lowest BCUT2D eigenvalue weighted by Gasteiger charge is -2.20. The van der Waals surface area contributed by atoms with Gasteiger partial charge in [-0.2, -0.15) is 0 Å². The summed E-state index contributed by atoms with van der Waals surface area (Å²) in [6.45, 7) is 0. The summed E-state index contributed by atoms with van der Waals surface area (Å²) in [6, 6.07) is 24.3. The number of rotatable bonds is 6. The molecule has 1 heterocycles. The molecule has 0 aliphatic carbocycles. The molecule has 0 aliphatic heterocycles. The number of methoxy groups -OCH3 is 1. The van der Waals surface area contributed by atoms with Gasteiger partial charge in [-0.1, -0.05) is 78.9 Å². The van der Waals surface area contributed by atoms with Crippen molar-refractivity contribution in [3.05, 3.63) is 96.1 Å². The van der Waals surface area contributed by atoms with E-state index in [2.05, 4.69) is 5.32 Å². The van der Waals surface area contributed by atoms with Crippen LogP contribution in [0.3, 0.4) is 0 Å². The highest BCUT2D eigenvalue weighted by molar-refractivity contribution is 7.84. The van der Waals surface area contributed by atoms with Gasteiger partial charge in [-0.25, -0.2) is 9.78 Å². The third kappa shape index (κ3) is 4.54. The van der Waals surface area contributed by atoms with Crippen LogP contribution < -0.4 is 5.32 Å². The Morgan fingerprint density at radius 2 is 1.52 bits per heavy atom. The van der Waals surface area contributed by atoms with Crippen LogP contribution in [0.1, 0.15) is 22.0 Å². The third-order valence-corrected chi connectivity index (χ3v) is 6.23. The van der Waals surface area contributed by atoms with Crippen LogP contribution in [0, 0.1) is 0 Å². The maximum atomic E-state index is 13.7. The van der Waals surface area contributed by atoms with Gasteiger partial charge in [0.2, 0.25) is 0 Å². The quantitative estimate of drug-likeness (QED) is 0.436. The summed E-state index contributed by atoms with van der Waals surface area (Å²) in [5, 5.41) is 3.34. The number of aromatic nitrogens is 1. The zero-order valence-corrected chi connectivity index (χ0v) is 19.0. The molecule has 0 saturated heterocycles. The monoisotopic (exact) mass is 458 g/mol. The fourth-order valence-corrected chi connectivity index (χ4v) is 4.66. The molecular weight excluding hydrogens is 436 g/mol. The van der Waals surface area contributed by atoms with Crippen LogP contribution in [0.2, 0.25) is 0 Å². The molecule has 4 rings (SSSR count). The Bertz CT molecular complexity index is 1340. The number of ether oxygens (including phenoxy) is 1. The number of carbonyl (C=O) groups excluding carboxylic acids is 2. The number of esters is 1. The fraction of sp³-hybridized carbons (Fsp3) is 0.115. The lowest BCUT2D eigenvalue weighted by atomic mass is 10.0. The van der Waals surface area contributed by atoms with Gasteiger partial charge in [0.1, 0.15) is 0 Å². The molecule has 0 saturated carbocycles. The molecule has 7 heteroatoms. The van der Waals surface area contributed by atoms with E-state index >= 15 is 0 Å². The molecule has 0 fully saturated rings. The van der Waals surface area contributed by atoms with Gasteiger partial charge in [-0.15, -0.1) is 0 Å². The van der Waals surface area contributed by atoms with E-state index in [0.29, 0.717) is 27.1 Å². The molecule has 0 radical (unpaired) electrons. The maximum Gasteiger partial charge on any atom is 0.333 e. The predicted octanol–water partition coefficient (Wildman–Crippen LogP) is 4.28. The molecule has 0 bridgehead atoms. The molecule has 1 aromatic heterocycles. The molecule has 166 valence electrons. The number of benzene rings is 3. The van der Waals surface area contributed by atoms with Gasteiger partial charge in [0.15, 0.2) is 6.04 Å². The molecule has 2 atom stereocenters. The van der Waals surface area contributed by atoms with E-state index in [-0.39, 0.29) is 5.56 Å². The number of fused-ring (bicyclic) bond motifs is 1. The Morgan fingerprint density at radius 3 is 2.15 bits per heavy atom. The number of carbonyl (C=O) groups is 2. The zero-order chi connectivity index (χ0) is 23.4. The standard InChI is InChI=1S/C26H22N2O4S/c1-32-26(30)23(18-13-7-4-8-14-18)28-25(29)21-19-15-9-10-16-20(19)27-22(24(21)33(2)31)17-11-5-3-6-12-17/h3-16,23H,1-2H3,(H,28,29). The maximum absolute atomic E-state index is 13.7. The highest BCUT2D eigenvalue weighted by Gasteiger charge is 2.29. The number of hydrogen-bond donors (Lipinski definition) is 1. The predicted molar refractivity (Wildman–Crippen MR) is 128 cm³/mol. The first kappa shape index (κ1) is 22.4. The van der Waals surface area contributed by atoms with E-state index < -0.39 is 28.7 Å². The van der Waals surface area contributed by atoms with Crippen LogP contribution in [-0.4, -0.2) is 34.4 Å². The Balaban J connectivity index is 1.92. The largest absolute Gasteiger partial charge is 0.467 e. The van der Waals surface area contributed by atoms with E-state index in [1.54, 1.807) is 42.5 Å². The van der Waals surface area contributed by atoms with Crippen molar-refractivity contribution in [3.63, 3.8) is 0 Å². The summed E-state index contributed by atoms with van der Waals surface area (Å²) in [5.41, 5.74) is 2.61. The minimum absolute atomic E-state index is 0.227. The van der Waals surface area contributed by atoms with Gasteiger partial charge < -0.3 is 10.1 Å². The van der Waals surface area contributed by atoms with E-state index in [9.17, 15) is 13.8 Å². The number of nitrogens with one attached hydrogen (secondary N) is 1. The van der Waals surface area contributed by atoms with Crippen LogP contribution in [0.5, 0.6) is 0 Å². The first-order chi connectivity index (χ1) is 16.0. The molecule has 2 unspecified atom stereocenters. The number of hydrogen-bond acceptors (Lipinski definition) is 5. The van der Waals surface area contributed by atoms with E-state index in [0.717, 1.165) is 5.56 Å². The Morgan fingerprint density at radius 1 is 0.909 bits per heavy atom. The minimum atomic E-state index is -1.54. The van der Waals surface area contributed by atoms with E-state index in [1.165, 1.54) is 13.4 Å². The van der Waals surface area contributed by atoms with Gasteiger partial charge >= 0.3 is 5.97 Å². The van der Waals surface area contributed by atoms with Gasteiger partial charge in [-0.05, 0) is 11.6 Å². The van der Waals surface area contributed by atoms with E-state index in [4.69, 9.17) is 9.72 Å². The van der Waals surface area contributed by atoms with Crippen molar-refractivity contribution in [2.45, 2.75) is 10.9 Å². The lowest BCUT2D eigenvalue weighted by molar-refractivity contribution is -0.143. The SMILES string of the molecule is COC(=O)C(NC(=O)c1c(S(C)=O)c(-c2ccccc2)nc2ccccc12)c1ccccc1. The number of nitrogens with zero attached hydrogens (tertiary/aromatic N) is 1. The zero-order valence-electron chi connectivity index (χ0n) is 18.1. The first-order valence-corrected chi connectivity index (χ1v) is 11.8. The summed E-state index contributed by atoms with van der Waals surface area (Å²) < 4.78 is 17.9. The van der Waals surface area contributed by atoms with Gasteiger partial charge in [0, 0.05) is 17.2 Å². The summed E-state index contributed by atoms with van der Waals surface area (Å²) in [4.78, 5) is 31.3. The van der Waals surface area contributed by atoms with Crippen molar-refractivity contribution in [1.29, 1.82) is 0 Å². The van der Waals surface area contributed by atoms with Gasteiger partial charge in [-0.3, -0.25) is 9.00 Å². The molecule has 4 aromatic rings. The molecule has 6 nitrogen and oxygen atoms in total. The van der Waals surface area contributed by atoms with Crippen molar-refractivity contribution in [1.82, 2.24) is 10.3 Å². The number of pyridine rings is 1. The molecule has 0 aliphatic rings. The smallest absolute Gasteiger partial charge is 0.333 e. The van der Waals surface area contributed by atoms with Crippen molar-refractivity contribution < 1.29 is 18.5 Å². The molecule has 33 heavy (non-hydrogen) atoms. The van der Waals surface area contributed by atoms with Crippen LogP contribution in [0.15, 0.2) is 89.8 Å². The van der Waals surface area contributed by atoms with Crippen molar-refractivity contribution in [3.8, 4) is 11.3 Å². The normalized spacial score (nSPS) is 12.7. The number of para-hydroxylation sites is 1. The van der Waals surface area contributed by atoms with Crippen molar-refractivity contribution in [2.75, 3.05) is 13.4 Å². The van der Waals surface area contributed by atoms with Gasteiger partial charge in [0.05, 0.1) is 39.6 Å². The minimum Gasteiger partial charge on any atom is -0.467 e. The second-order valence-electron chi connectivity index (χ2n) is 7.34. The highest BCUT2D eigenvalue weighted by Crippen LogP contribution is 2.33. The van der Waals surface area contributed by atoms with Gasteiger partial charge in [0.25, 0.3) is 5.91 Å². The summed E-state index contributed by atoms with van der Waals surface area (Å²) in [6.07, 6.45) is 1.52. The molecule has 0 spiro atoms. The average Bonchev–Trinajstić information content (AvgIpc) is 2.86. The van der Waals surface area contributed by atoms with Crippen LogP contribution >= 0.6 is 0 Å². The number of amides is 1. The van der Waals surface area contributed by atoms with E-state index in [1.807, 2.05) is 42.5 Å². The lowest BCUT2D eigenvalue weighted by Crippen LogP contribution is -2.35. The Labute approximate surface area is 194 Å². The molecular formula is C26H22N2O4S. The summed E-state index contributed by atoms with van der Waals surface area (Å²) >= 11 is 0. The summed E-state index contributed by atoms with van der Waals surface area (Å²) in [7, 11) is -0.270. The molecule has 3 aromatic carbocycles. The fourth-order valence-electron chi connectivity index (χ4n) is 3.74. The van der Waals surface area contributed by atoms with Crippen LogP contribution in [0.25, 0.3) is 22.2 Å². The first-order valence-electron chi connectivity index (χ1n) is 10.3. The second-order valence-corrected chi connectivity index (χ2v) is 8.66. The van der Waals surface area contributed by atoms with Crippen LogP contribution in [0.4, 0.5) is 0 Å². The molecule has 1 N–H and O–H groups in total. The van der Waals surface area contributed by atoms with Crippen LogP contribution in [-0.2, 0) is 20.3 Å². The average molecular weight is 459 g/mol. The topological polar surface area (TPSA) is 85.4 Å².